The number of likely N-dealkylation sites (tertiary alicyclic amines) is 1. The molecule has 20 heavy (non-hydrogen) atoms. The average Bonchev–Trinajstić information content (AvgIpc) is 2.79. The highest BCUT2D eigenvalue weighted by Gasteiger charge is 2.37. The Morgan fingerprint density at radius 3 is 2.50 bits per heavy atom. The maximum absolute atomic E-state index is 11.8. The lowest BCUT2D eigenvalue weighted by Crippen LogP contribution is -2.43. The minimum Gasteiger partial charge on any atom is -0.508 e. The highest BCUT2D eigenvalue weighted by molar-refractivity contribution is 5.85. The molecule has 108 valence electrons. The zero-order valence-corrected chi connectivity index (χ0v) is 10.9. The zero-order valence-electron chi connectivity index (χ0n) is 10.9. The first-order valence-corrected chi connectivity index (χ1v) is 6.42. The molecule has 0 saturated carbocycles. The molecular weight excluding hydrogens is 262 g/mol. The molecule has 1 aliphatic rings. The summed E-state index contributed by atoms with van der Waals surface area (Å²) >= 11 is 0. The van der Waals surface area contributed by atoms with Crippen molar-refractivity contribution < 1.29 is 24.9 Å². The molecule has 2 rings (SSSR count). The van der Waals surface area contributed by atoms with Crippen LogP contribution in [0.5, 0.6) is 5.75 Å². The highest BCUT2D eigenvalue weighted by Crippen LogP contribution is 2.22. The summed E-state index contributed by atoms with van der Waals surface area (Å²) in [6.45, 7) is 0.151. The van der Waals surface area contributed by atoms with Gasteiger partial charge in [0.1, 0.15) is 11.8 Å². The van der Waals surface area contributed by atoms with E-state index < -0.39 is 12.0 Å². The number of hydrogen-bond acceptors (Lipinski definition) is 4. The number of carboxylic acids is 1. The standard InChI is InChI=1S/C14H17NO5/c16-8-10-6-13(18)15(7-10)12(14(19)20)5-9-1-3-11(17)4-2-9/h1-4,10,12,16-17H,5-8H2,(H,19,20)/t10?,12-/m0/s1. The Balaban J connectivity index is 2.13. The molecule has 1 aromatic carbocycles. The lowest BCUT2D eigenvalue weighted by atomic mass is 10.0. The smallest absolute Gasteiger partial charge is 0.326 e. The Kier molecular flexibility index (Phi) is 4.24. The molecule has 1 amide bonds. The van der Waals surface area contributed by atoms with Crippen LogP contribution in [-0.2, 0) is 16.0 Å². The molecule has 1 heterocycles. The molecule has 1 saturated heterocycles. The van der Waals surface area contributed by atoms with E-state index in [4.69, 9.17) is 5.11 Å². The monoisotopic (exact) mass is 279 g/mol. The van der Waals surface area contributed by atoms with E-state index in [1.54, 1.807) is 12.1 Å². The fourth-order valence-electron chi connectivity index (χ4n) is 2.42. The van der Waals surface area contributed by atoms with E-state index in [0.29, 0.717) is 0 Å². The zero-order chi connectivity index (χ0) is 14.7. The number of carbonyl (C=O) groups excluding carboxylic acids is 1. The van der Waals surface area contributed by atoms with E-state index in [-0.39, 0.29) is 43.6 Å². The molecule has 0 aliphatic carbocycles. The summed E-state index contributed by atoms with van der Waals surface area (Å²) < 4.78 is 0. The van der Waals surface area contributed by atoms with Crippen LogP contribution in [0.15, 0.2) is 24.3 Å². The summed E-state index contributed by atoms with van der Waals surface area (Å²) in [7, 11) is 0. The maximum Gasteiger partial charge on any atom is 0.326 e. The van der Waals surface area contributed by atoms with Crippen LogP contribution in [-0.4, -0.2) is 51.3 Å². The number of benzene rings is 1. The number of nitrogens with zero attached hydrogens (tertiary/aromatic N) is 1. The largest absolute Gasteiger partial charge is 0.508 e. The Labute approximate surface area is 116 Å². The predicted octanol–water partition coefficient (Wildman–Crippen LogP) is 0.229. The van der Waals surface area contributed by atoms with Gasteiger partial charge in [-0.3, -0.25) is 4.79 Å². The van der Waals surface area contributed by atoms with Gasteiger partial charge >= 0.3 is 5.97 Å². The van der Waals surface area contributed by atoms with Crippen molar-refractivity contribution in [3.05, 3.63) is 29.8 Å². The molecular formula is C14H17NO5. The van der Waals surface area contributed by atoms with E-state index in [1.165, 1.54) is 17.0 Å². The van der Waals surface area contributed by atoms with Gasteiger partial charge in [0.15, 0.2) is 0 Å². The van der Waals surface area contributed by atoms with Crippen LogP contribution in [0, 0.1) is 5.92 Å². The first kappa shape index (κ1) is 14.3. The molecule has 0 spiro atoms. The number of carbonyl (C=O) groups is 2. The molecule has 0 radical (unpaired) electrons. The molecule has 1 aromatic rings. The Morgan fingerprint density at radius 2 is 2.00 bits per heavy atom. The minimum atomic E-state index is -1.06. The number of hydrogen-bond donors (Lipinski definition) is 3. The number of phenols is 1. The molecule has 1 fully saturated rings. The quantitative estimate of drug-likeness (QED) is 0.716. The summed E-state index contributed by atoms with van der Waals surface area (Å²) in [5.41, 5.74) is 0.732. The highest BCUT2D eigenvalue weighted by atomic mass is 16.4. The molecule has 1 aliphatic heterocycles. The molecule has 0 bridgehead atoms. The number of aliphatic hydroxyl groups is 1. The fourth-order valence-corrected chi connectivity index (χ4v) is 2.42. The van der Waals surface area contributed by atoms with E-state index in [1.807, 2.05) is 0 Å². The first-order chi connectivity index (χ1) is 9.51. The second kappa shape index (κ2) is 5.92. The van der Waals surface area contributed by atoms with Gasteiger partial charge in [0.2, 0.25) is 5.91 Å². The topological polar surface area (TPSA) is 98.1 Å². The van der Waals surface area contributed by atoms with E-state index in [9.17, 15) is 19.8 Å². The van der Waals surface area contributed by atoms with Gasteiger partial charge in [0.05, 0.1) is 0 Å². The number of phenolic OH excluding ortho intramolecular Hbond substituents is 1. The van der Waals surface area contributed by atoms with E-state index in [0.717, 1.165) is 5.56 Å². The van der Waals surface area contributed by atoms with Crippen LogP contribution < -0.4 is 0 Å². The number of aromatic hydroxyl groups is 1. The van der Waals surface area contributed by atoms with Gasteiger partial charge in [-0.25, -0.2) is 4.79 Å². The second-order valence-corrected chi connectivity index (χ2v) is 5.02. The van der Waals surface area contributed by atoms with Gasteiger partial charge in [-0.05, 0) is 17.7 Å². The van der Waals surface area contributed by atoms with Gasteiger partial charge in [0, 0.05) is 31.9 Å². The van der Waals surface area contributed by atoms with Crippen LogP contribution in [0.2, 0.25) is 0 Å². The average molecular weight is 279 g/mol. The van der Waals surface area contributed by atoms with Crippen molar-refractivity contribution in [2.45, 2.75) is 18.9 Å². The third-order valence-electron chi connectivity index (χ3n) is 3.52. The van der Waals surface area contributed by atoms with Crippen molar-refractivity contribution in [3.63, 3.8) is 0 Å². The normalized spacial score (nSPS) is 20.1. The van der Waals surface area contributed by atoms with Gasteiger partial charge in [-0.15, -0.1) is 0 Å². The Morgan fingerprint density at radius 1 is 1.35 bits per heavy atom. The second-order valence-electron chi connectivity index (χ2n) is 5.02. The fraction of sp³-hybridized carbons (Fsp3) is 0.429. The van der Waals surface area contributed by atoms with E-state index >= 15 is 0 Å². The number of carboxylic acid groups (broad SMARTS) is 1. The lowest BCUT2D eigenvalue weighted by molar-refractivity contribution is -0.148. The van der Waals surface area contributed by atoms with Crippen LogP contribution in [0.3, 0.4) is 0 Å². The third-order valence-corrected chi connectivity index (χ3v) is 3.52. The van der Waals surface area contributed by atoms with Crippen molar-refractivity contribution in [3.8, 4) is 5.75 Å². The minimum absolute atomic E-state index is 0.109. The Hall–Kier alpha value is -2.08. The van der Waals surface area contributed by atoms with Crippen LogP contribution in [0.25, 0.3) is 0 Å². The van der Waals surface area contributed by atoms with Gasteiger partial charge in [0.25, 0.3) is 0 Å². The predicted molar refractivity (Wildman–Crippen MR) is 70.1 cm³/mol. The molecule has 3 N–H and O–H groups in total. The van der Waals surface area contributed by atoms with Crippen LogP contribution in [0.4, 0.5) is 0 Å². The summed E-state index contributed by atoms with van der Waals surface area (Å²) in [5.74, 6) is -1.39. The summed E-state index contributed by atoms with van der Waals surface area (Å²) in [4.78, 5) is 24.6. The van der Waals surface area contributed by atoms with Crippen LogP contribution >= 0.6 is 0 Å². The maximum atomic E-state index is 11.8. The van der Waals surface area contributed by atoms with Crippen molar-refractivity contribution in [1.82, 2.24) is 4.90 Å². The Bertz CT molecular complexity index is 499. The van der Waals surface area contributed by atoms with Crippen molar-refractivity contribution in [2.75, 3.05) is 13.2 Å². The first-order valence-electron chi connectivity index (χ1n) is 6.42. The molecule has 2 atom stereocenters. The van der Waals surface area contributed by atoms with Crippen LogP contribution in [0.1, 0.15) is 12.0 Å². The van der Waals surface area contributed by atoms with E-state index in [2.05, 4.69) is 0 Å². The SMILES string of the molecule is O=C(O)[C@H](Cc1ccc(O)cc1)N1CC(CO)CC1=O. The lowest BCUT2D eigenvalue weighted by Gasteiger charge is -2.24. The summed E-state index contributed by atoms with van der Waals surface area (Å²) in [5, 5.41) is 27.6. The number of amides is 1. The van der Waals surface area contributed by atoms with Gasteiger partial charge < -0.3 is 20.2 Å². The third kappa shape index (κ3) is 3.08. The number of rotatable bonds is 5. The molecule has 0 aromatic heterocycles. The van der Waals surface area contributed by atoms with Gasteiger partial charge in [-0.2, -0.15) is 0 Å². The van der Waals surface area contributed by atoms with Crippen molar-refractivity contribution in [1.29, 1.82) is 0 Å². The number of aliphatic hydroxyl groups excluding tert-OH is 1. The van der Waals surface area contributed by atoms with Crippen molar-refractivity contribution >= 4 is 11.9 Å². The van der Waals surface area contributed by atoms with Gasteiger partial charge in [-0.1, -0.05) is 12.1 Å². The molecule has 6 nitrogen and oxygen atoms in total. The molecule has 1 unspecified atom stereocenters. The number of aliphatic carboxylic acids is 1. The molecule has 6 heteroatoms. The van der Waals surface area contributed by atoms with Crippen molar-refractivity contribution in [2.24, 2.45) is 5.92 Å². The summed E-state index contributed by atoms with van der Waals surface area (Å²) in [6, 6.07) is 5.29. The summed E-state index contributed by atoms with van der Waals surface area (Å²) in [6.07, 6.45) is 0.370.